The highest BCUT2D eigenvalue weighted by Crippen LogP contribution is 2.48. The van der Waals surface area contributed by atoms with Gasteiger partial charge in [0.15, 0.2) is 0 Å². The summed E-state index contributed by atoms with van der Waals surface area (Å²) in [5, 5.41) is 3.40. The van der Waals surface area contributed by atoms with E-state index in [1.165, 1.54) is 44.9 Å². The molecule has 16 heavy (non-hydrogen) atoms. The first-order valence-electron chi connectivity index (χ1n) is 6.56. The highest BCUT2D eigenvalue weighted by Gasteiger charge is 2.40. The van der Waals surface area contributed by atoms with Crippen molar-refractivity contribution in [3.63, 3.8) is 0 Å². The van der Waals surface area contributed by atoms with Gasteiger partial charge in [-0.15, -0.1) is 0 Å². The lowest BCUT2D eigenvalue weighted by molar-refractivity contribution is 0.502. The zero-order chi connectivity index (χ0) is 11.4. The van der Waals surface area contributed by atoms with Crippen molar-refractivity contribution in [3.8, 4) is 0 Å². The van der Waals surface area contributed by atoms with Crippen LogP contribution in [0.2, 0.25) is 0 Å². The van der Waals surface area contributed by atoms with E-state index in [0.29, 0.717) is 11.5 Å². The van der Waals surface area contributed by atoms with E-state index in [0.717, 1.165) is 12.5 Å². The van der Waals surface area contributed by atoms with Crippen LogP contribution >= 0.6 is 0 Å². The maximum atomic E-state index is 5.50. The summed E-state index contributed by atoms with van der Waals surface area (Å²) in [6, 6.07) is 0.576. The van der Waals surface area contributed by atoms with Crippen LogP contribution in [0, 0.1) is 5.41 Å². The van der Waals surface area contributed by atoms with E-state index >= 15 is 0 Å². The van der Waals surface area contributed by atoms with Gasteiger partial charge in [0.2, 0.25) is 5.96 Å². The van der Waals surface area contributed by atoms with Crippen LogP contribution in [0.3, 0.4) is 0 Å². The second kappa shape index (κ2) is 5.04. The van der Waals surface area contributed by atoms with E-state index in [-0.39, 0.29) is 0 Å². The van der Waals surface area contributed by atoms with Gasteiger partial charge in [0.1, 0.15) is 0 Å². The summed E-state index contributed by atoms with van der Waals surface area (Å²) in [6.45, 7) is 3.17. The molecule has 0 aliphatic heterocycles. The topological polar surface area (TPSA) is 62.4 Å². The Labute approximate surface area is 98.0 Å². The molecule has 92 valence electrons. The molecule has 0 unspecified atom stereocenters. The van der Waals surface area contributed by atoms with Gasteiger partial charge in [0.25, 0.3) is 0 Å². The largest absolute Gasteiger partial charge is 0.353 e. The maximum Gasteiger partial charge on any atom is 0.205 e. The number of aliphatic imine (C=N–C) groups is 1. The minimum atomic E-state index is 0.499. The average Bonchev–Trinajstić information content (AvgIpc) is 2.92. The molecule has 0 radical (unpaired) electrons. The molecule has 0 aromatic heterocycles. The van der Waals surface area contributed by atoms with Gasteiger partial charge in [-0.05, 0) is 37.5 Å². The molecule has 4 N–H and O–H groups in total. The van der Waals surface area contributed by atoms with Crippen molar-refractivity contribution in [1.82, 2.24) is 10.7 Å². The van der Waals surface area contributed by atoms with Crippen LogP contribution in [-0.4, -0.2) is 18.5 Å². The smallest absolute Gasteiger partial charge is 0.205 e. The molecule has 0 bridgehead atoms. The van der Waals surface area contributed by atoms with Crippen LogP contribution < -0.4 is 16.6 Å². The first kappa shape index (κ1) is 11.7. The molecule has 2 aliphatic carbocycles. The lowest BCUT2D eigenvalue weighted by Gasteiger charge is -2.16. The molecule has 0 atom stereocenters. The molecule has 2 fully saturated rings. The number of rotatable bonds is 4. The van der Waals surface area contributed by atoms with Crippen molar-refractivity contribution >= 4 is 5.96 Å². The van der Waals surface area contributed by atoms with Crippen molar-refractivity contribution in [2.75, 3.05) is 6.54 Å². The monoisotopic (exact) mass is 224 g/mol. The van der Waals surface area contributed by atoms with Gasteiger partial charge < -0.3 is 5.32 Å². The zero-order valence-corrected chi connectivity index (χ0v) is 10.3. The maximum absolute atomic E-state index is 5.50. The Bertz CT molecular complexity index is 252. The summed E-state index contributed by atoms with van der Waals surface area (Å²) < 4.78 is 0. The average molecular weight is 224 g/mol. The van der Waals surface area contributed by atoms with Crippen molar-refractivity contribution in [1.29, 1.82) is 0 Å². The van der Waals surface area contributed by atoms with E-state index in [1.807, 2.05) is 0 Å². The molecule has 2 saturated carbocycles. The molecule has 0 amide bonds. The number of hydrogen-bond donors (Lipinski definition) is 3. The first-order chi connectivity index (χ1) is 7.78. The molecule has 0 spiro atoms. The summed E-state index contributed by atoms with van der Waals surface area (Å²) >= 11 is 0. The minimum absolute atomic E-state index is 0.499. The van der Waals surface area contributed by atoms with Crippen molar-refractivity contribution in [3.05, 3.63) is 0 Å². The van der Waals surface area contributed by atoms with Crippen LogP contribution in [0.25, 0.3) is 0 Å². The van der Waals surface area contributed by atoms with E-state index in [9.17, 15) is 0 Å². The summed E-state index contributed by atoms with van der Waals surface area (Å²) in [5.74, 6) is 6.28. The third-order valence-corrected chi connectivity index (χ3v) is 4.11. The van der Waals surface area contributed by atoms with E-state index in [2.05, 4.69) is 22.7 Å². The lowest BCUT2D eigenvalue weighted by atomic mass is 10.1. The van der Waals surface area contributed by atoms with Gasteiger partial charge in [0, 0.05) is 12.6 Å². The van der Waals surface area contributed by atoms with Gasteiger partial charge in [-0.2, -0.15) is 0 Å². The van der Waals surface area contributed by atoms with Crippen molar-refractivity contribution < 1.29 is 0 Å². The van der Waals surface area contributed by atoms with Crippen LogP contribution in [0.5, 0.6) is 0 Å². The summed E-state index contributed by atoms with van der Waals surface area (Å²) in [4.78, 5) is 4.58. The number of guanidine groups is 1. The second-order valence-electron chi connectivity index (χ2n) is 5.29. The fourth-order valence-electron chi connectivity index (χ4n) is 2.44. The zero-order valence-electron chi connectivity index (χ0n) is 10.3. The molecule has 0 heterocycles. The van der Waals surface area contributed by atoms with Gasteiger partial charge in [-0.25, -0.2) is 5.84 Å². The Kier molecular flexibility index (Phi) is 3.69. The molecule has 4 nitrogen and oxygen atoms in total. The summed E-state index contributed by atoms with van der Waals surface area (Å²) in [7, 11) is 0. The Hall–Kier alpha value is -0.770. The number of nitrogens with one attached hydrogen (secondary N) is 2. The van der Waals surface area contributed by atoms with Crippen LogP contribution in [0.1, 0.15) is 51.9 Å². The predicted molar refractivity (Wildman–Crippen MR) is 67.0 cm³/mol. The van der Waals surface area contributed by atoms with Crippen molar-refractivity contribution in [2.45, 2.75) is 57.9 Å². The fourth-order valence-corrected chi connectivity index (χ4v) is 2.44. The van der Waals surface area contributed by atoms with Gasteiger partial charge in [-0.1, -0.05) is 19.8 Å². The third kappa shape index (κ3) is 2.88. The fraction of sp³-hybridized carbons (Fsp3) is 0.917. The highest BCUT2D eigenvalue weighted by atomic mass is 15.3. The Morgan fingerprint density at radius 3 is 2.56 bits per heavy atom. The Morgan fingerprint density at radius 1 is 1.38 bits per heavy atom. The lowest BCUT2D eigenvalue weighted by Crippen LogP contribution is -2.45. The van der Waals surface area contributed by atoms with Gasteiger partial charge in [0.05, 0.1) is 0 Å². The number of hydrogen-bond acceptors (Lipinski definition) is 2. The minimum Gasteiger partial charge on any atom is -0.353 e. The Balaban J connectivity index is 1.81. The quantitative estimate of drug-likeness (QED) is 0.294. The standard InChI is InChI=1S/C12H24N4/c1-2-12(7-8-12)9-14-11(16-13)15-10-5-3-4-6-10/h10H,2-9,13H2,1H3,(H2,14,15,16). The van der Waals surface area contributed by atoms with Crippen LogP contribution in [0.15, 0.2) is 4.99 Å². The molecule has 4 heteroatoms. The SMILES string of the molecule is CCC1(CN=C(NN)NC2CCCC2)CC1. The van der Waals surface area contributed by atoms with E-state index in [1.54, 1.807) is 0 Å². The van der Waals surface area contributed by atoms with Gasteiger partial charge in [-0.3, -0.25) is 10.4 Å². The molecule has 0 aromatic rings. The number of hydrazine groups is 1. The Morgan fingerprint density at radius 2 is 2.06 bits per heavy atom. The number of nitrogens with zero attached hydrogens (tertiary/aromatic N) is 1. The molecule has 0 saturated heterocycles. The van der Waals surface area contributed by atoms with E-state index in [4.69, 9.17) is 5.84 Å². The molecular formula is C12H24N4. The molecular weight excluding hydrogens is 200 g/mol. The van der Waals surface area contributed by atoms with Crippen LogP contribution in [-0.2, 0) is 0 Å². The van der Waals surface area contributed by atoms with Gasteiger partial charge >= 0.3 is 0 Å². The predicted octanol–water partition coefficient (Wildman–Crippen LogP) is 1.53. The number of nitrogens with two attached hydrogens (primary N) is 1. The first-order valence-corrected chi connectivity index (χ1v) is 6.56. The highest BCUT2D eigenvalue weighted by molar-refractivity contribution is 5.79. The summed E-state index contributed by atoms with van der Waals surface area (Å²) in [5.41, 5.74) is 3.19. The normalized spacial score (nSPS) is 24.5. The van der Waals surface area contributed by atoms with Crippen molar-refractivity contribution in [2.24, 2.45) is 16.3 Å². The van der Waals surface area contributed by atoms with Crippen LogP contribution in [0.4, 0.5) is 0 Å². The summed E-state index contributed by atoms with van der Waals surface area (Å²) in [6.07, 6.45) is 9.04. The molecule has 2 rings (SSSR count). The van der Waals surface area contributed by atoms with E-state index < -0.39 is 0 Å². The molecule has 2 aliphatic rings. The second-order valence-corrected chi connectivity index (χ2v) is 5.29. The molecule has 0 aromatic carbocycles. The third-order valence-electron chi connectivity index (χ3n) is 4.11.